The molecule has 6 heteroatoms. The van der Waals surface area contributed by atoms with Crippen LogP contribution in [0.2, 0.25) is 0 Å². The van der Waals surface area contributed by atoms with Crippen LogP contribution in [0.3, 0.4) is 0 Å². The lowest BCUT2D eigenvalue weighted by atomic mass is 9.65. The first-order valence-electron chi connectivity index (χ1n) is 13.0. The van der Waals surface area contributed by atoms with Crippen LogP contribution < -0.4 is 0 Å². The molecule has 0 aromatic rings. The molecule has 3 rings (SSSR count). The standard InChI is InChI=1S/C31H44O4S2/c1-26(2,3)18-14-30(15-19(24(18)34)27(4,5)6)31(37-23(36-30)13-22(32)33)16-20(28(7,8)9)25(35)21(17-31)29(10,11)12/h14-17,23H,13H2,1-12H3,(H,32,33). The van der Waals surface area contributed by atoms with E-state index >= 15 is 0 Å². The number of ketones is 2. The third-order valence-electron chi connectivity index (χ3n) is 7.25. The minimum absolute atomic E-state index is 0.00447. The summed E-state index contributed by atoms with van der Waals surface area (Å²) in [6.07, 6.45) is 8.41. The normalized spacial score (nSPS) is 22.7. The SMILES string of the molecule is CC(C)(C)C1=CC2(C=C(C(C)(C)C)C1=O)SC(CC(=O)O)SC21C=C(C(C)(C)C)C(=O)C(C(C)(C)C)=C1. The first kappa shape index (κ1) is 30.0. The topological polar surface area (TPSA) is 71.4 Å². The molecule has 1 heterocycles. The summed E-state index contributed by atoms with van der Waals surface area (Å²) in [5, 5.41) is 9.76. The minimum Gasteiger partial charge on any atom is -0.481 e. The highest BCUT2D eigenvalue weighted by atomic mass is 32.2. The van der Waals surface area contributed by atoms with Crippen molar-refractivity contribution in [1.82, 2.24) is 0 Å². The summed E-state index contributed by atoms with van der Waals surface area (Å²) >= 11 is 3.23. The molecule has 1 fully saturated rings. The quantitative estimate of drug-likeness (QED) is 0.382. The molecule has 0 aromatic heterocycles. The molecule has 0 atom stereocenters. The van der Waals surface area contributed by atoms with Gasteiger partial charge in [0.1, 0.15) is 0 Å². The van der Waals surface area contributed by atoms with E-state index in [1.807, 2.05) is 0 Å². The zero-order valence-corrected chi connectivity index (χ0v) is 26.2. The molecular weight excluding hydrogens is 500 g/mol. The molecule has 2 aliphatic carbocycles. The van der Waals surface area contributed by atoms with E-state index in [0.717, 1.165) is 22.3 Å². The molecule has 204 valence electrons. The van der Waals surface area contributed by atoms with E-state index in [9.17, 15) is 19.5 Å². The van der Waals surface area contributed by atoms with Crippen LogP contribution in [0.5, 0.6) is 0 Å². The van der Waals surface area contributed by atoms with E-state index in [-0.39, 0.29) is 22.6 Å². The van der Waals surface area contributed by atoms with Gasteiger partial charge in [-0.3, -0.25) is 14.4 Å². The Kier molecular flexibility index (Phi) is 7.31. The summed E-state index contributed by atoms with van der Waals surface area (Å²) in [5.74, 6) is -0.740. The van der Waals surface area contributed by atoms with Gasteiger partial charge >= 0.3 is 5.97 Å². The van der Waals surface area contributed by atoms with E-state index in [1.165, 1.54) is 0 Å². The van der Waals surface area contributed by atoms with Gasteiger partial charge in [-0.05, 0) is 21.7 Å². The Hall–Kier alpha value is -1.53. The maximum absolute atomic E-state index is 13.9. The van der Waals surface area contributed by atoms with Crippen molar-refractivity contribution in [3.8, 4) is 0 Å². The van der Waals surface area contributed by atoms with Crippen molar-refractivity contribution in [2.24, 2.45) is 21.7 Å². The summed E-state index contributed by atoms with van der Waals surface area (Å²) in [7, 11) is 0. The first-order chi connectivity index (χ1) is 16.4. The Morgan fingerprint density at radius 1 is 0.649 bits per heavy atom. The van der Waals surface area contributed by atoms with Crippen LogP contribution in [0, 0.1) is 21.7 Å². The van der Waals surface area contributed by atoms with Gasteiger partial charge in [-0.2, -0.15) is 0 Å². The molecule has 0 bridgehead atoms. The summed E-state index contributed by atoms with van der Waals surface area (Å²) < 4.78 is -1.68. The molecule has 1 N–H and O–H groups in total. The number of fused-ring (bicyclic) bond motifs is 1. The fraction of sp³-hybridized carbons (Fsp3) is 0.645. The van der Waals surface area contributed by atoms with Crippen molar-refractivity contribution in [3.05, 3.63) is 46.6 Å². The number of carbonyl (C=O) groups is 3. The number of hydrogen-bond donors (Lipinski definition) is 1. The molecular formula is C31H44O4S2. The predicted octanol–water partition coefficient (Wildman–Crippen LogP) is 7.80. The van der Waals surface area contributed by atoms with E-state index in [0.29, 0.717) is 0 Å². The van der Waals surface area contributed by atoms with Crippen molar-refractivity contribution in [1.29, 1.82) is 0 Å². The smallest absolute Gasteiger partial charge is 0.305 e. The van der Waals surface area contributed by atoms with Crippen molar-refractivity contribution in [3.63, 3.8) is 0 Å². The Morgan fingerprint density at radius 2 is 0.892 bits per heavy atom. The number of carbonyl (C=O) groups excluding carboxylic acids is 2. The molecule has 3 aliphatic rings. The number of carboxylic acid groups (broad SMARTS) is 1. The fourth-order valence-corrected chi connectivity index (χ4v) is 9.28. The number of Topliss-reactive ketones (excluding diaryl/α,β-unsaturated/α-hetero) is 2. The van der Waals surface area contributed by atoms with Gasteiger partial charge in [0.05, 0.1) is 20.5 Å². The highest BCUT2D eigenvalue weighted by molar-refractivity contribution is 8.22. The van der Waals surface area contributed by atoms with Gasteiger partial charge in [-0.15, -0.1) is 23.5 Å². The maximum atomic E-state index is 13.9. The first-order valence-corrected chi connectivity index (χ1v) is 14.8. The molecule has 4 nitrogen and oxygen atoms in total. The Labute approximate surface area is 231 Å². The summed E-state index contributed by atoms with van der Waals surface area (Å²) in [4.78, 5) is 39.6. The van der Waals surface area contributed by atoms with Gasteiger partial charge < -0.3 is 5.11 Å². The van der Waals surface area contributed by atoms with E-state index in [1.54, 1.807) is 23.5 Å². The molecule has 0 saturated carbocycles. The lowest BCUT2D eigenvalue weighted by Crippen LogP contribution is -2.48. The van der Waals surface area contributed by atoms with Crippen LogP contribution >= 0.6 is 23.5 Å². The largest absolute Gasteiger partial charge is 0.481 e. The second-order valence-electron chi connectivity index (χ2n) is 14.7. The summed E-state index contributed by atoms with van der Waals surface area (Å²) in [6.45, 7) is 24.7. The lowest BCUT2D eigenvalue weighted by molar-refractivity contribution is -0.136. The highest BCUT2D eigenvalue weighted by Crippen LogP contribution is 2.66. The Morgan fingerprint density at radius 3 is 1.08 bits per heavy atom. The van der Waals surface area contributed by atoms with Gasteiger partial charge in [0, 0.05) is 22.3 Å². The van der Waals surface area contributed by atoms with E-state index in [2.05, 4.69) is 107 Å². The van der Waals surface area contributed by atoms with Crippen LogP contribution in [0.4, 0.5) is 0 Å². The number of rotatable bonds is 2. The van der Waals surface area contributed by atoms with Crippen LogP contribution in [0.25, 0.3) is 0 Å². The van der Waals surface area contributed by atoms with Crippen LogP contribution in [-0.4, -0.2) is 36.7 Å². The number of aliphatic carboxylic acids is 1. The molecule has 2 spiro atoms. The molecule has 0 unspecified atom stereocenters. The summed E-state index contributed by atoms with van der Waals surface area (Å²) in [5.41, 5.74) is 1.39. The molecule has 37 heavy (non-hydrogen) atoms. The summed E-state index contributed by atoms with van der Waals surface area (Å²) in [6, 6.07) is 0. The molecule has 0 radical (unpaired) electrons. The van der Waals surface area contributed by atoms with Crippen molar-refractivity contribution < 1.29 is 19.5 Å². The second-order valence-corrected chi connectivity index (χ2v) is 18.0. The average Bonchev–Trinajstić information content (AvgIpc) is 2.93. The number of thioether (sulfide) groups is 2. The predicted molar refractivity (Wildman–Crippen MR) is 157 cm³/mol. The van der Waals surface area contributed by atoms with Gasteiger partial charge in [0.25, 0.3) is 0 Å². The number of hydrogen-bond acceptors (Lipinski definition) is 5. The molecule has 1 saturated heterocycles. The van der Waals surface area contributed by atoms with Crippen molar-refractivity contribution in [2.75, 3.05) is 0 Å². The van der Waals surface area contributed by atoms with E-state index < -0.39 is 37.1 Å². The minimum atomic E-state index is -0.851. The Bertz CT molecular complexity index is 999. The highest BCUT2D eigenvalue weighted by Gasteiger charge is 2.61. The fourth-order valence-electron chi connectivity index (χ4n) is 5.18. The second kappa shape index (κ2) is 9.01. The third-order valence-corrected chi connectivity index (χ3v) is 10.7. The van der Waals surface area contributed by atoms with Gasteiger partial charge in [0.15, 0.2) is 11.6 Å². The van der Waals surface area contributed by atoms with Gasteiger partial charge in [0.2, 0.25) is 0 Å². The van der Waals surface area contributed by atoms with Crippen molar-refractivity contribution in [2.45, 2.75) is 104 Å². The maximum Gasteiger partial charge on any atom is 0.305 e. The van der Waals surface area contributed by atoms with Crippen molar-refractivity contribution >= 4 is 41.1 Å². The van der Waals surface area contributed by atoms with Crippen LogP contribution in [0.15, 0.2) is 46.6 Å². The van der Waals surface area contributed by atoms with E-state index in [4.69, 9.17) is 0 Å². The monoisotopic (exact) mass is 544 g/mol. The molecule has 0 aromatic carbocycles. The van der Waals surface area contributed by atoms with Crippen LogP contribution in [0.1, 0.15) is 89.5 Å². The number of allylic oxidation sites excluding steroid dienone is 4. The zero-order chi connectivity index (χ0) is 28.6. The third kappa shape index (κ3) is 5.48. The number of carboxylic acids is 1. The van der Waals surface area contributed by atoms with Gasteiger partial charge in [-0.1, -0.05) is 107 Å². The lowest BCUT2D eigenvalue weighted by Gasteiger charge is -2.46. The zero-order valence-electron chi connectivity index (χ0n) is 24.6. The Balaban J connectivity index is 2.49. The molecule has 1 aliphatic heterocycles. The average molecular weight is 545 g/mol. The molecule has 0 amide bonds. The van der Waals surface area contributed by atoms with Gasteiger partial charge in [-0.25, -0.2) is 0 Å². The van der Waals surface area contributed by atoms with Crippen LogP contribution in [-0.2, 0) is 14.4 Å².